The lowest BCUT2D eigenvalue weighted by Gasteiger charge is -2.33. The second kappa shape index (κ2) is 6.68. The summed E-state index contributed by atoms with van der Waals surface area (Å²) in [6.45, 7) is 0. The molecule has 27 heavy (non-hydrogen) atoms. The number of likely N-dealkylation sites (tertiary alicyclic amines) is 1. The Morgan fingerprint density at radius 2 is 2.07 bits per heavy atom. The third kappa shape index (κ3) is 2.85. The number of methoxy groups -OCH3 is 1. The van der Waals surface area contributed by atoms with Crippen LogP contribution in [0.25, 0.3) is 10.9 Å². The zero-order valence-electron chi connectivity index (χ0n) is 15.0. The first-order valence-electron chi connectivity index (χ1n) is 9.18. The fourth-order valence-electron chi connectivity index (χ4n) is 4.65. The largest absolute Gasteiger partial charge is 0.467 e. The Labute approximate surface area is 155 Å². The number of carbonyl (C=O) groups is 2. The molecular formula is C19H21N3O5. The lowest BCUT2D eigenvalue weighted by molar-refractivity contribution is -0.383. The van der Waals surface area contributed by atoms with Crippen molar-refractivity contribution >= 4 is 28.5 Å². The van der Waals surface area contributed by atoms with E-state index in [0.29, 0.717) is 23.2 Å². The van der Waals surface area contributed by atoms with E-state index in [-0.39, 0.29) is 23.3 Å². The van der Waals surface area contributed by atoms with E-state index < -0.39 is 16.9 Å². The molecule has 2 fully saturated rings. The summed E-state index contributed by atoms with van der Waals surface area (Å²) in [7, 11) is 1.33. The molecule has 0 unspecified atom stereocenters. The number of esters is 1. The van der Waals surface area contributed by atoms with Crippen molar-refractivity contribution < 1.29 is 19.2 Å². The fraction of sp³-hybridized carbons (Fsp3) is 0.474. The summed E-state index contributed by atoms with van der Waals surface area (Å²) in [4.78, 5) is 40.9. The van der Waals surface area contributed by atoms with Gasteiger partial charge in [-0.2, -0.15) is 0 Å². The molecule has 2 aliphatic rings. The zero-order chi connectivity index (χ0) is 19.1. The number of benzene rings is 1. The van der Waals surface area contributed by atoms with E-state index in [0.717, 1.165) is 25.7 Å². The molecule has 0 spiro atoms. The Morgan fingerprint density at radius 3 is 2.81 bits per heavy atom. The van der Waals surface area contributed by atoms with Gasteiger partial charge in [-0.25, -0.2) is 4.79 Å². The van der Waals surface area contributed by atoms with Crippen molar-refractivity contribution in [3.05, 3.63) is 40.1 Å². The number of nitrogens with one attached hydrogen (secondary N) is 1. The van der Waals surface area contributed by atoms with E-state index in [1.807, 2.05) is 0 Å². The zero-order valence-corrected chi connectivity index (χ0v) is 15.0. The van der Waals surface area contributed by atoms with Gasteiger partial charge in [0.15, 0.2) is 0 Å². The lowest BCUT2D eigenvalue weighted by atomic mass is 9.84. The summed E-state index contributed by atoms with van der Waals surface area (Å²) in [5.74, 6) is -0.407. The standard InChI is InChI=1S/C19H21N3O5/c1-27-19(24)16-10-11-5-2-3-7-14(11)21(16)18(23)13-9-12-6-4-8-15(22(25)26)17(12)20-13/h4,6,8-9,11,14,16,20H,2-3,5,7,10H2,1H3/t11-,14-,16+/m1/s1. The van der Waals surface area contributed by atoms with Crippen molar-refractivity contribution in [2.24, 2.45) is 5.92 Å². The fourth-order valence-corrected chi connectivity index (χ4v) is 4.65. The van der Waals surface area contributed by atoms with E-state index in [4.69, 9.17) is 4.74 Å². The second-order valence-electron chi connectivity index (χ2n) is 7.28. The van der Waals surface area contributed by atoms with Crippen LogP contribution < -0.4 is 0 Å². The Kier molecular flexibility index (Phi) is 4.33. The van der Waals surface area contributed by atoms with Gasteiger partial charge in [0, 0.05) is 17.5 Å². The first-order chi connectivity index (χ1) is 13.0. The number of hydrogen-bond acceptors (Lipinski definition) is 5. The third-order valence-electron chi connectivity index (χ3n) is 5.86. The number of non-ortho nitro benzene ring substituents is 1. The highest BCUT2D eigenvalue weighted by Gasteiger charge is 2.48. The summed E-state index contributed by atoms with van der Waals surface area (Å²) < 4.78 is 4.93. The summed E-state index contributed by atoms with van der Waals surface area (Å²) >= 11 is 0. The molecule has 0 bridgehead atoms. The highest BCUT2D eigenvalue weighted by molar-refractivity contribution is 6.01. The molecule has 1 aliphatic carbocycles. The number of para-hydroxylation sites is 1. The van der Waals surface area contributed by atoms with E-state index in [1.54, 1.807) is 23.1 Å². The van der Waals surface area contributed by atoms with Gasteiger partial charge in [0.1, 0.15) is 17.3 Å². The van der Waals surface area contributed by atoms with Gasteiger partial charge in [0.25, 0.3) is 11.6 Å². The maximum atomic E-state index is 13.3. The van der Waals surface area contributed by atoms with Crippen LogP contribution in [-0.2, 0) is 9.53 Å². The molecule has 0 radical (unpaired) electrons. The maximum Gasteiger partial charge on any atom is 0.328 e. The second-order valence-corrected chi connectivity index (χ2v) is 7.28. The van der Waals surface area contributed by atoms with E-state index >= 15 is 0 Å². The van der Waals surface area contributed by atoms with Crippen molar-refractivity contribution in [2.45, 2.75) is 44.2 Å². The van der Waals surface area contributed by atoms with Crippen LogP contribution in [0.2, 0.25) is 0 Å². The molecule has 1 saturated heterocycles. The molecule has 1 amide bonds. The minimum Gasteiger partial charge on any atom is -0.467 e. The SMILES string of the molecule is COC(=O)[C@@H]1C[C@H]2CCCC[C@H]2N1C(=O)c1cc2cccc([N+](=O)[O-])c2[nH]1. The van der Waals surface area contributed by atoms with Crippen molar-refractivity contribution in [1.82, 2.24) is 9.88 Å². The Bertz CT molecular complexity index is 921. The smallest absolute Gasteiger partial charge is 0.328 e. The minimum absolute atomic E-state index is 0.0109. The number of nitrogens with zero attached hydrogens (tertiary/aromatic N) is 2. The molecule has 1 N–H and O–H groups in total. The average Bonchev–Trinajstić information content (AvgIpc) is 3.28. The van der Waals surface area contributed by atoms with Crippen LogP contribution in [-0.4, -0.2) is 45.9 Å². The molecule has 8 nitrogen and oxygen atoms in total. The number of rotatable bonds is 3. The first-order valence-corrected chi connectivity index (χ1v) is 9.18. The van der Waals surface area contributed by atoms with Gasteiger partial charge in [-0.05, 0) is 31.2 Å². The molecule has 142 valence electrons. The van der Waals surface area contributed by atoms with Gasteiger partial charge in [0.05, 0.1) is 12.0 Å². The number of amides is 1. The Balaban J connectivity index is 1.73. The van der Waals surface area contributed by atoms with Crippen molar-refractivity contribution in [3.63, 3.8) is 0 Å². The van der Waals surface area contributed by atoms with Crippen molar-refractivity contribution in [1.29, 1.82) is 0 Å². The van der Waals surface area contributed by atoms with Gasteiger partial charge < -0.3 is 14.6 Å². The molecule has 2 aromatic rings. The molecule has 8 heteroatoms. The number of ether oxygens (including phenoxy) is 1. The molecule has 1 aromatic heterocycles. The van der Waals surface area contributed by atoms with Crippen LogP contribution in [0.4, 0.5) is 5.69 Å². The van der Waals surface area contributed by atoms with Gasteiger partial charge in [-0.1, -0.05) is 25.0 Å². The van der Waals surface area contributed by atoms with Crippen LogP contribution in [0.3, 0.4) is 0 Å². The van der Waals surface area contributed by atoms with Gasteiger partial charge in [-0.15, -0.1) is 0 Å². The van der Waals surface area contributed by atoms with E-state index in [1.165, 1.54) is 13.2 Å². The number of H-pyrrole nitrogens is 1. The highest BCUT2D eigenvalue weighted by Crippen LogP contribution is 2.41. The van der Waals surface area contributed by atoms with Crippen LogP contribution in [0, 0.1) is 16.0 Å². The molecule has 1 saturated carbocycles. The average molecular weight is 371 g/mol. The summed E-state index contributed by atoms with van der Waals surface area (Å²) in [6, 6.07) is 5.74. The number of aromatic nitrogens is 1. The molecular weight excluding hydrogens is 350 g/mol. The maximum absolute atomic E-state index is 13.3. The quantitative estimate of drug-likeness (QED) is 0.507. The van der Waals surface area contributed by atoms with Crippen LogP contribution >= 0.6 is 0 Å². The van der Waals surface area contributed by atoms with E-state index in [2.05, 4.69) is 4.98 Å². The van der Waals surface area contributed by atoms with Crippen LogP contribution in [0.1, 0.15) is 42.6 Å². The van der Waals surface area contributed by atoms with Crippen molar-refractivity contribution in [3.8, 4) is 0 Å². The number of nitro benzene ring substituents is 1. The molecule has 1 aromatic carbocycles. The Morgan fingerprint density at radius 1 is 1.30 bits per heavy atom. The summed E-state index contributed by atoms with van der Waals surface area (Å²) in [6.07, 6.45) is 4.61. The van der Waals surface area contributed by atoms with Crippen molar-refractivity contribution in [2.75, 3.05) is 7.11 Å². The van der Waals surface area contributed by atoms with Gasteiger partial charge in [-0.3, -0.25) is 14.9 Å². The highest BCUT2D eigenvalue weighted by atomic mass is 16.6. The number of aromatic amines is 1. The van der Waals surface area contributed by atoms with Gasteiger partial charge >= 0.3 is 5.97 Å². The number of fused-ring (bicyclic) bond motifs is 2. The molecule has 3 atom stereocenters. The number of carbonyl (C=O) groups excluding carboxylic acids is 2. The third-order valence-corrected chi connectivity index (χ3v) is 5.86. The number of nitro groups is 1. The van der Waals surface area contributed by atoms with Crippen LogP contribution in [0.15, 0.2) is 24.3 Å². The van der Waals surface area contributed by atoms with Crippen LogP contribution in [0.5, 0.6) is 0 Å². The topological polar surface area (TPSA) is 106 Å². The summed E-state index contributed by atoms with van der Waals surface area (Å²) in [5.41, 5.74) is 0.507. The predicted octanol–water partition coefficient (Wildman–Crippen LogP) is 3.02. The number of hydrogen-bond donors (Lipinski definition) is 1. The van der Waals surface area contributed by atoms with Gasteiger partial charge in [0.2, 0.25) is 0 Å². The lowest BCUT2D eigenvalue weighted by Crippen LogP contribution is -2.46. The first kappa shape index (κ1) is 17.5. The minimum atomic E-state index is -0.600. The monoisotopic (exact) mass is 371 g/mol. The summed E-state index contributed by atoms with van der Waals surface area (Å²) in [5, 5.41) is 11.8. The predicted molar refractivity (Wildman–Crippen MR) is 97.3 cm³/mol. The van der Waals surface area contributed by atoms with E-state index in [9.17, 15) is 19.7 Å². The normalized spacial score (nSPS) is 24.6. The molecule has 4 rings (SSSR count). The molecule has 2 heterocycles. The molecule has 1 aliphatic heterocycles. The Hall–Kier alpha value is -2.90.